The van der Waals surface area contributed by atoms with Crippen LogP contribution in [0.5, 0.6) is 5.75 Å². The lowest BCUT2D eigenvalue weighted by Crippen LogP contribution is -2.19. The maximum absolute atomic E-state index is 11.5. The van der Waals surface area contributed by atoms with Crippen molar-refractivity contribution in [3.63, 3.8) is 0 Å². The summed E-state index contributed by atoms with van der Waals surface area (Å²) in [5.41, 5.74) is 2.66. The van der Waals surface area contributed by atoms with Crippen molar-refractivity contribution in [1.29, 1.82) is 0 Å². The molecule has 21 heavy (non-hydrogen) atoms. The van der Waals surface area contributed by atoms with Gasteiger partial charge in [0.25, 0.3) is 0 Å². The molecule has 7 heteroatoms. The highest BCUT2D eigenvalue weighted by atomic mass is 16.5. The first kappa shape index (κ1) is 13.4. The van der Waals surface area contributed by atoms with Crippen LogP contribution in [0.3, 0.4) is 0 Å². The van der Waals surface area contributed by atoms with Gasteiger partial charge in [0.2, 0.25) is 11.8 Å². The van der Waals surface area contributed by atoms with E-state index in [1.54, 1.807) is 14.0 Å². The number of anilines is 2. The van der Waals surface area contributed by atoms with Crippen molar-refractivity contribution in [2.75, 3.05) is 17.7 Å². The molecule has 2 aromatic rings. The Kier molecular flexibility index (Phi) is 3.47. The van der Waals surface area contributed by atoms with Gasteiger partial charge in [0.05, 0.1) is 19.3 Å². The fourth-order valence-electron chi connectivity index (χ4n) is 2.30. The van der Waals surface area contributed by atoms with Gasteiger partial charge in [-0.3, -0.25) is 4.79 Å². The summed E-state index contributed by atoms with van der Waals surface area (Å²) in [7, 11) is 1.62. The van der Waals surface area contributed by atoms with Crippen LogP contribution in [0.15, 0.2) is 16.7 Å². The van der Waals surface area contributed by atoms with Gasteiger partial charge in [-0.2, -0.15) is 4.98 Å². The zero-order valence-corrected chi connectivity index (χ0v) is 11.9. The number of fused-ring (bicyclic) bond motifs is 1. The number of benzene rings is 1. The van der Waals surface area contributed by atoms with Crippen LogP contribution in [0.1, 0.15) is 23.7 Å². The molecule has 1 aromatic heterocycles. The molecule has 2 heterocycles. The van der Waals surface area contributed by atoms with Gasteiger partial charge in [0, 0.05) is 12.1 Å². The minimum Gasteiger partial charge on any atom is -0.495 e. The van der Waals surface area contributed by atoms with E-state index < -0.39 is 0 Å². The summed E-state index contributed by atoms with van der Waals surface area (Å²) in [6, 6.07) is 3.81. The molecule has 0 saturated heterocycles. The number of amides is 1. The molecule has 0 bridgehead atoms. The maximum atomic E-state index is 11.5. The van der Waals surface area contributed by atoms with Crippen LogP contribution in [-0.2, 0) is 17.8 Å². The first-order chi connectivity index (χ1) is 10.2. The van der Waals surface area contributed by atoms with Gasteiger partial charge in [0.1, 0.15) is 5.75 Å². The lowest BCUT2D eigenvalue weighted by Gasteiger charge is -2.20. The zero-order chi connectivity index (χ0) is 14.8. The van der Waals surface area contributed by atoms with Crippen LogP contribution >= 0.6 is 0 Å². The van der Waals surface area contributed by atoms with Crippen molar-refractivity contribution in [2.45, 2.75) is 26.3 Å². The van der Waals surface area contributed by atoms with Crippen LogP contribution in [0, 0.1) is 6.92 Å². The minimum absolute atomic E-state index is 0.0335. The van der Waals surface area contributed by atoms with Crippen molar-refractivity contribution >= 4 is 17.3 Å². The largest absolute Gasteiger partial charge is 0.495 e. The quantitative estimate of drug-likeness (QED) is 0.893. The average Bonchev–Trinajstić information content (AvgIpc) is 2.89. The van der Waals surface area contributed by atoms with Crippen LogP contribution in [0.25, 0.3) is 0 Å². The molecule has 0 atom stereocenters. The second-order valence-corrected chi connectivity index (χ2v) is 4.85. The molecule has 1 amide bonds. The highest BCUT2D eigenvalue weighted by molar-refractivity contribution is 5.95. The molecule has 110 valence electrons. The van der Waals surface area contributed by atoms with E-state index in [-0.39, 0.29) is 5.91 Å². The number of nitrogens with zero attached hydrogens (tertiary/aromatic N) is 2. The van der Waals surface area contributed by atoms with E-state index in [1.165, 1.54) is 0 Å². The molecule has 0 spiro atoms. The van der Waals surface area contributed by atoms with E-state index in [1.807, 2.05) is 12.1 Å². The number of hydrogen-bond donors (Lipinski definition) is 2. The predicted octanol–water partition coefficient (Wildman–Crippen LogP) is 1.88. The number of aryl methyl sites for hydroxylation is 2. The van der Waals surface area contributed by atoms with Gasteiger partial charge in [-0.1, -0.05) is 5.16 Å². The Hall–Kier alpha value is -2.57. The summed E-state index contributed by atoms with van der Waals surface area (Å²) in [6.45, 7) is 2.16. The van der Waals surface area contributed by atoms with Gasteiger partial charge in [-0.25, -0.2) is 0 Å². The lowest BCUT2D eigenvalue weighted by molar-refractivity contribution is -0.116. The second kappa shape index (κ2) is 5.43. The van der Waals surface area contributed by atoms with Crippen LogP contribution < -0.4 is 15.4 Å². The molecule has 0 unspecified atom stereocenters. The Morgan fingerprint density at radius 3 is 3.00 bits per heavy atom. The van der Waals surface area contributed by atoms with E-state index in [2.05, 4.69) is 20.8 Å². The van der Waals surface area contributed by atoms with Crippen LogP contribution in [0.4, 0.5) is 11.4 Å². The van der Waals surface area contributed by atoms with E-state index in [9.17, 15) is 4.79 Å². The molecule has 3 rings (SSSR count). The second-order valence-electron chi connectivity index (χ2n) is 4.85. The minimum atomic E-state index is 0.0335. The number of hydrogen-bond acceptors (Lipinski definition) is 6. The van der Waals surface area contributed by atoms with Gasteiger partial charge in [0.15, 0.2) is 5.82 Å². The Balaban J connectivity index is 1.83. The van der Waals surface area contributed by atoms with E-state index in [4.69, 9.17) is 9.26 Å². The Morgan fingerprint density at radius 2 is 2.29 bits per heavy atom. The predicted molar refractivity (Wildman–Crippen MR) is 76.3 cm³/mol. The summed E-state index contributed by atoms with van der Waals surface area (Å²) in [5.74, 6) is 1.85. The third-order valence-corrected chi connectivity index (χ3v) is 3.32. The first-order valence-corrected chi connectivity index (χ1v) is 6.69. The van der Waals surface area contributed by atoms with E-state index in [0.717, 1.165) is 29.1 Å². The summed E-state index contributed by atoms with van der Waals surface area (Å²) < 4.78 is 10.4. The number of ether oxygens (including phenoxy) is 1. The molecule has 2 N–H and O–H groups in total. The van der Waals surface area contributed by atoms with Gasteiger partial charge >= 0.3 is 0 Å². The van der Waals surface area contributed by atoms with Crippen molar-refractivity contribution in [3.8, 4) is 5.75 Å². The smallest absolute Gasteiger partial charge is 0.245 e. The molecule has 0 fully saturated rings. The summed E-state index contributed by atoms with van der Waals surface area (Å²) in [6.07, 6.45) is 1.23. The SMILES string of the molecule is COc1cc2c(cc1NCc1nc(C)no1)NC(=O)CC2. The molecular weight excluding hydrogens is 272 g/mol. The summed E-state index contributed by atoms with van der Waals surface area (Å²) in [5, 5.41) is 9.79. The Morgan fingerprint density at radius 1 is 1.43 bits per heavy atom. The van der Waals surface area contributed by atoms with Gasteiger partial charge < -0.3 is 19.9 Å². The fraction of sp³-hybridized carbons (Fsp3) is 0.357. The highest BCUT2D eigenvalue weighted by Gasteiger charge is 2.18. The molecule has 0 saturated carbocycles. The lowest BCUT2D eigenvalue weighted by atomic mass is 10.0. The molecule has 7 nitrogen and oxygen atoms in total. The Bertz CT molecular complexity index is 681. The highest BCUT2D eigenvalue weighted by Crippen LogP contribution is 2.34. The number of rotatable bonds is 4. The topological polar surface area (TPSA) is 89.3 Å². The molecular formula is C14H16N4O3. The molecule has 1 aromatic carbocycles. The molecule has 1 aliphatic rings. The van der Waals surface area contributed by atoms with E-state index in [0.29, 0.717) is 24.7 Å². The number of carbonyl (C=O) groups is 1. The normalized spacial score (nSPS) is 13.5. The van der Waals surface area contributed by atoms with Gasteiger partial charge in [-0.05, 0) is 31.0 Å². The first-order valence-electron chi connectivity index (χ1n) is 6.69. The van der Waals surface area contributed by atoms with Crippen molar-refractivity contribution in [3.05, 3.63) is 29.4 Å². The number of nitrogens with one attached hydrogen (secondary N) is 2. The maximum Gasteiger partial charge on any atom is 0.245 e. The van der Waals surface area contributed by atoms with Crippen LogP contribution in [0.2, 0.25) is 0 Å². The third-order valence-electron chi connectivity index (χ3n) is 3.32. The number of methoxy groups -OCH3 is 1. The number of carbonyl (C=O) groups excluding carboxylic acids is 1. The molecule has 0 radical (unpaired) electrons. The third kappa shape index (κ3) is 2.81. The summed E-state index contributed by atoms with van der Waals surface area (Å²) >= 11 is 0. The van der Waals surface area contributed by atoms with Crippen molar-refractivity contribution in [1.82, 2.24) is 10.1 Å². The number of aromatic nitrogens is 2. The summed E-state index contributed by atoms with van der Waals surface area (Å²) in [4.78, 5) is 15.6. The zero-order valence-electron chi connectivity index (χ0n) is 11.9. The van der Waals surface area contributed by atoms with E-state index >= 15 is 0 Å². The molecule has 1 aliphatic heterocycles. The molecule has 0 aliphatic carbocycles. The van der Waals surface area contributed by atoms with Gasteiger partial charge in [-0.15, -0.1) is 0 Å². The Labute approximate surface area is 121 Å². The van der Waals surface area contributed by atoms with Crippen LogP contribution in [-0.4, -0.2) is 23.2 Å². The fourth-order valence-corrected chi connectivity index (χ4v) is 2.30. The standard InChI is InChI=1S/C14H16N4O3/c1-8-16-14(21-18-8)7-15-11-6-10-9(5-12(11)20-2)3-4-13(19)17-10/h5-6,15H,3-4,7H2,1-2H3,(H,17,19). The van der Waals surface area contributed by atoms with Crippen molar-refractivity contribution < 1.29 is 14.1 Å². The average molecular weight is 288 g/mol. The van der Waals surface area contributed by atoms with Crippen molar-refractivity contribution in [2.24, 2.45) is 0 Å². The monoisotopic (exact) mass is 288 g/mol.